The second-order valence-corrected chi connectivity index (χ2v) is 4.02. The predicted molar refractivity (Wildman–Crippen MR) is 65.9 cm³/mol. The summed E-state index contributed by atoms with van der Waals surface area (Å²) < 4.78 is 4.65. The van der Waals surface area contributed by atoms with Crippen LogP contribution in [0.5, 0.6) is 0 Å². The topological polar surface area (TPSA) is 113 Å². The zero-order valence-corrected chi connectivity index (χ0v) is 10.8. The molecule has 8 heteroatoms. The Labute approximate surface area is 115 Å². The van der Waals surface area contributed by atoms with Crippen LogP contribution in [0, 0.1) is 0 Å². The Hall–Kier alpha value is -2.06. The van der Waals surface area contributed by atoms with Crippen LogP contribution in [0.3, 0.4) is 0 Å². The van der Waals surface area contributed by atoms with Crippen LogP contribution in [0.1, 0.15) is 19.3 Å². The number of aliphatic hydroxyl groups excluding tert-OH is 1. The Morgan fingerprint density at radius 2 is 1.65 bits per heavy atom. The summed E-state index contributed by atoms with van der Waals surface area (Å²) >= 11 is 0. The number of aliphatic hydroxyl groups is 1. The lowest BCUT2D eigenvalue weighted by Gasteiger charge is -2.12. The van der Waals surface area contributed by atoms with E-state index in [4.69, 9.17) is 5.11 Å². The number of imide groups is 2. The zero-order chi connectivity index (χ0) is 15.0. The first-order chi connectivity index (χ1) is 9.54. The van der Waals surface area contributed by atoms with E-state index in [1.54, 1.807) is 0 Å². The van der Waals surface area contributed by atoms with Gasteiger partial charge in [-0.15, -0.1) is 0 Å². The van der Waals surface area contributed by atoms with Gasteiger partial charge in [0.25, 0.3) is 11.8 Å². The smallest absolute Gasteiger partial charge is 0.253 e. The van der Waals surface area contributed by atoms with Crippen LogP contribution in [0.4, 0.5) is 0 Å². The molecule has 0 aromatic heterocycles. The average Bonchev–Trinajstić information content (AvgIpc) is 2.93. The molecule has 1 fully saturated rings. The molecule has 2 heterocycles. The van der Waals surface area contributed by atoms with Crippen molar-refractivity contribution in [3.8, 4) is 0 Å². The van der Waals surface area contributed by atoms with Crippen LogP contribution < -0.4 is 5.32 Å². The zero-order valence-electron chi connectivity index (χ0n) is 10.8. The van der Waals surface area contributed by atoms with Crippen molar-refractivity contribution in [1.29, 1.82) is 0 Å². The van der Waals surface area contributed by atoms with E-state index in [1.165, 1.54) is 12.2 Å². The minimum atomic E-state index is -0.333. The Kier molecular flexibility index (Phi) is 6.54. The molecular formula is C12H16N2O6. The SMILES string of the molecule is O=C1C=CC(=O)N1CCCOCO.O=C1CCC(=O)N1. The van der Waals surface area contributed by atoms with Gasteiger partial charge in [-0.2, -0.15) is 0 Å². The van der Waals surface area contributed by atoms with Gasteiger partial charge in [-0.1, -0.05) is 0 Å². The quantitative estimate of drug-likeness (QED) is 0.368. The van der Waals surface area contributed by atoms with Crippen molar-refractivity contribution in [2.75, 3.05) is 19.9 Å². The fourth-order valence-electron chi connectivity index (χ4n) is 1.55. The van der Waals surface area contributed by atoms with E-state index < -0.39 is 0 Å². The van der Waals surface area contributed by atoms with Gasteiger partial charge in [0.1, 0.15) is 6.79 Å². The second kappa shape index (κ2) is 8.18. The number of hydrogen-bond donors (Lipinski definition) is 2. The lowest BCUT2D eigenvalue weighted by Crippen LogP contribution is -2.31. The maximum atomic E-state index is 11.0. The molecule has 2 N–H and O–H groups in total. The van der Waals surface area contributed by atoms with E-state index in [2.05, 4.69) is 10.1 Å². The maximum Gasteiger partial charge on any atom is 0.253 e. The summed E-state index contributed by atoms with van der Waals surface area (Å²) in [5.74, 6) is -0.863. The summed E-state index contributed by atoms with van der Waals surface area (Å²) in [7, 11) is 0. The molecule has 0 spiro atoms. The first kappa shape index (κ1) is 16.0. The molecule has 8 nitrogen and oxygen atoms in total. The number of rotatable bonds is 5. The third-order valence-electron chi connectivity index (χ3n) is 2.52. The highest BCUT2D eigenvalue weighted by Gasteiger charge is 2.22. The molecule has 4 amide bonds. The highest BCUT2D eigenvalue weighted by atomic mass is 16.6. The average molecular weight is 284 g/mol. The molecule has 20 heavy (non-hydrogen) atoms. The van der Waals surface area contributed by atoms with E-state index in [0.717, 1.165) is 4.90 Å². The molecule has 0 aliphatic carbocycles. The molecule has 0 saturated carbocycles. The van der Waals surface area contributed by atoms with Crippen LogP contribution in [-0.4, -0.2) is 53.6 Å². The van der Waals surface area contributed by atoms with Gasteiger partial charge in [0.15, 0.2) is 0 Å². The third kappa shape index (κ3) is 5.29. The predicted octanol–water partition coefficient (Wildman–Crippen LogP) is -1.31. The standard InChI is InChI=1S/C8H11NO4.C4H5NO2/c10-6-13-5-1-4-9-7(11)2-3-8(9)12;6-3-1-2-4(7)5-3/h2-3,10H,1,4-6H2;1-2H2,(H,5,6,7). The molecule has 0 unspecified atom stereocenters. The molecule has 2 aliphatic rings. The summed E-state index contributed by atoms with van der Waals surface area (Å²) in [6, 6.07) is 0. The summed E-state index contributed by atoms with van der Waals surface area (Å²) in [6.45, 7) is 0.346. The van der Waals surface area contributed by atoms with Gasteiger partial charge in [0, 0.05) is 31.5 Å². The van der Waals surface area contributed by atoms with Crippen molar-refractivity contribution < 1.29 is 29.0 Å². The van der Waals surface area contributed by atoms with Crippen LogP contribution in [-0.2, 0) is 23.9 Å². The number of hydrogen-bond acceptors (Lipinski definition) is 6. The van der Waals surface area contributed by atoms with Gasteiger partial charge < -0.3 is 9.84 Å². The Morgan fingerprint density at radius 1 is 1.10 bits per heavy atom. The monoisotopic (exact) mass is 284 g/mol. The first-order valence-corrected chi connectivity index (χ1v) is 6.09. The first-order valence-electron chi connectivity index (χ1n) is 6.09. The summed E-state index contributed by atoms with van der Waals surface area (Å²) in [4.78, 5) is 43.3. The molecule has 0 radical (unpaired) electrons. The molecule has 2 rings (SSSR count). The van der Waals surface area contributed by atoms with Crippen LogP contribution >= 0.6 is 0 Å². The van der Waals surface area contributed by atoms with Gasteiger partial charge in [0.05, 0.1) is 6.61 Å². The second-order valence-electron chi connectivity index (χ2n) is 4.02. The van der Waals surface area contributed by atoms with Crippen molar-refractivity contribution >= 4 is 23.6 Å². The highest BCUT2D eigenvalue weighted by molar-refractivity contribution is 6.12. The van der Waals surface area contributed by atoms with Crippen LogP contribution in [0.15, 0.2) is 12.2 Å². The maximum absolute atomic E-state index is 11.0. The van der Waals surface area contributed by atoms with E-state index >= 15 is 0 Å². The van der Waals surface area contributed by atoms with Gasteiger partial charge in [-0.25, -0.2) is 0 Å². The lowest BCUT2D eigenvalue weighted by atomic mass is 10.4. The van der Waals surface area contributed by atoms with E-state index in [1.807, 2.05) is 0 Å². The molecule has 0 atom stereocenters. The molecule has 110 valence electrons. The summed E-state index contributed by atoms with van der Waals surface area (Å²) in [5.41, 5.74) is 0. The fraction of sp³-hybridized carbons (Fsp3) is 0.500. The number of carbonyl (C=O) groups is 4. The van der Waals surface area contributed by atoms with Gasteiger partial charge in [0.2, 0.25) is 11.8 Å². The number of carbonyl (C=O) groups excluding carboxylic acids is 4. The van der Waals surface area contributed by atoms with E-state index in [0.29, 0.717) is 32.4 Å². The molecule has 2 aliphatic heterocycles. The van der Waals surface area contributed by atoms with E-state index in [9.17, 15) is 19.2 Å². The molecule has 0 aromatic rings. The summed E-state index contributed by atoms with van der Waals surface area (Å²) in [6.07, 6.45) is 3.78. The third-order valence-corrected chi connectivity index (χ3v) is 2.52. The highest BCUT2D eigenvalue weighted by Crippen LogP contribution is 2.03. The number of nitrogens with one attached hydrogen (secondary N) is 1. The van der Waals surface area contributed by atoms with Crippen molar-refractivity contribution in [3.63, 3.8) is 0 Å². The van der Waals surface area contributed by atoms with Crippen LogP contribution in [0.25, 0.3) is 0 Å². The minimum Gasteiger partial charge on any atom is -0.371 e. The van der Waals surface area contributed by atoms with Crippen molar-refractivity contribution in [3.05, 3.63) is 12.2 Å². The van der Waals surface area contributed by atoms with Crippen molar-refractivity contribution in [2.24, 2.45) is 0 Å². The fourth-order valence-corrected chi connectivity index (χ4v) is 1.55. The molecular weight excluding hydrogens is 268 g/mol. The Morgan fingerprint density at radius 3 is 2.05 bits per heavy atom. The number of amides is 4. The number of ether oxygens (including phenoxy) is 1. The lowest BCUT2D eigenvalue weighted by molar-refractivity contribution is -0.137. The van der Waals surface area contributed by atoms with Gasteiger partial charge >= 0.3 is 0 Å². The minimum absolute atomic E-state index is 0.148. The number of nitrogens with zero attached hydrogens (tertiary/aromatic N) is 1. The molecule has 0 aromatic carbocycles. The van der Waals surface area contributed by atoms with E-state index in [-0.39, 0.29) is 30.4 Å². The molecule has 0 bridgehead atoms. The Balaban J connectivity index is 0.000000240. The largest absolute Gasteiger partial charge is 0.371 e. The van der Waals surface area contributed by atoms with Crippen LogP contribution in [0.2, 0.25) is 0 Å². The Bertz CT molecular complexity index is 400. The van der Waals surface area contributed by atoms with Gasteiger partial charge in [-0.3, -0.25) is 29.4 Å². The summed E-state index contributed by atoms with van der Waals surface area (Å²) in [5, 5.41) is 10.4. The van der Waals surface area contributed by atoms with Crippen molar-refractivity contribution in [2.45, 2.75) is 19.3 Å². The molecule has 1 saturated heterocycles. The van der Waals surface area contributed by atoms with Crippen molar-refractivity contribution in [1.82, 2.24) is 10.2 Å². The normalized spacial score (nSPS) is 17.4. The van der Waals surface area contributed by atoms with Gasteiger partial charge in [-0.05, 0) is 6.42 Å².